The van der Waals surface area contributed by atoms with Crippen molar-refractivity contribution in [3.05, 3.63) is 49.1 Å². The molecule has 0 amide bonds. The number of nitrogens with zero attached hydrogens (tertiary/aromatic N) is 3. The fourth-order valence-electron chi connectivity index (χ4n) is 1.23. The predicted octanol–water partition coefficient (Wildman–Crippen LogP) is 2.69. The fraction of sp³-hybridized carbons (Fsp3) is 0.200. The number of nitro groups is 2. The summed E-state index contributed by atoms with van der Waals surface area (Å²) in [7, 11) is 3.49. The van der Waals surface area contributed by atoms with E-state index in [1.165, 1.54) is 12.1 Å². The lowest BCUT2D eigenvalue weighted by molar-refractivity contribution is -0.394. The summed E-state index contributed by atoms with van der Waals surface area (Å²) in [6, 6.07) is 2.06. The van der Waals surface area contributed by atoms with Crippen LogP contribution in [0.4, 0.5) is 11.4 Å². The van der Waals surface area contributed by atoms with Crippen molar-refractivity contribution in [1.82, 2.24) is 4.90 Å². The van der Waals surface area contributed by atoms with Crippen LogP contribution in [0.25, 0.3) is 6.08 Å². The third kappa shape index (κ3) is 3.17. The van der Waals surface area contributed by atoms with Crippen molar-refractivity contribution < 1.29 is 9.85 Å². The van der Waals surface area contributed by atoms with Crippen LogP contribution < -0.4 is 0 Å². The summed E-state index contributed by atoms with van der Waals surface area (Å²) in [6.07, 6.45) is 3.05. The largest absolute Gasteiger partial charge is 0.383 e. The van der Waals surface area contributed by atoms with Gasteiger partial charge in [-0.05, 0) is 18.3 Å². The van der Waals surface area contributed by atoms with Crippen molar-refractivity contribution in [3.63, 3.8) is 0 Å². The first-order valence-corrected chi connectivity index (χ1v) is 5.17. The number of nitro benzene ring substituents is 2. The number of hydrogen-bond acceptors (Lipinski definition) is 5. The predicted molar refractivity (Wildman–Crippen MR) is 67.5 cm³/mol. The van der Waals surface area contributed by atoms with Crippen LogP contribution in [0.5, 0.6) is 0 Å². The van der Waals surface area contributed by atoms with Crippen LogP contribution >= 0.6 is 11.6 Å². The van der Waals surface area contributed by atoms with Crippen molar-refractivity contribution in [2.24, 2.45) is 0 Å². The molecule has 0 atom stereocenters. The van der Waals surface area contributed by atoms with Gasteiger partial charge >= 0.3 is 0 Å². The highest BCUT2D eigenvalue weighted by Crippen LogP contribution is 2.32. The van der Waals surface area contributed by atoms with Gasteiger partial charge in [-0.1, -0.05) is 11.6 Å². The normalized spacial score (nSPS) is 10.6. The molecular formula is C10H10ClN3O4. The molecule has 0 fully saturated rings. The SMILES string of the molecule is CN(C)C=Cc1cc(Cl)c([N+](=O)[O-])cc1[N+](=O)[O-]. The number of benzene rings is 1. The minimum atomic E-state index is -0.755. The summed E-state index contributed by atoms with van der Waals surface area (Å²) in [6.45, 7) is 0. The van der Waals surface area contributed by atoms with E-state index < -0.39 is 15.5 Å². The minimum Gasteiger partial charge on any atom is -0.383 e. The molecule has 7 nitrogen and oxygen atoms in total. The Morgan fingerprint density at radius 1 is 1.17 bits per heavy atom. The second-order valence-corrected chi connectivity index (χ2v) is 4.06. The molecule has 0 aliphatic carbocycles. The van der Waals surface area contributed by atoms with E-state index >= 15 is 0 Å². The molecular weight excluding hydrogens is 262 g/mol. The summed E-state index contributed by atoms with van der Waals surface area (Å²) < 4.78 is 0. The highest BCUT2D eigenvalue weighted by Gasteiger charge is 2.22. The number of halogens is 1. The van der Waals surface area contributed by atoms with Gasteiger partial charge in [-0.15, -0.1) is 0 Å². The summed E-state index contributed by atoms with van der Waals surface area (Å²) in [5.41, 5.74) is -0.626. The standard InChI is InChI=1S/C10H10ClN3O4/c1-12(2)4-3-7-5-8(11)10(14(17)18)6-9(7)13(15)16/h3-6H,1-2H3. The molecule has 0 spiro atoms. The van der Waals surface area contributed by atoms with Crippen molar-refractivity contribution >= 4 is 29.1 Å². The lowest BCUT2D eigenvalue weighted by Gasteiger charge is -2.04. The van der Waals surface area contributed by atoms with Crippen molar-refractivity contribution in [2.45, 2.75) is 0 Å². The van der Waals surface area contributed by atoms with Crippen LogP contribution in [0.15, 0.2) is 18.3 Å². The monoisotopic (exact) mass is 271 g/mol. The molecule has 0 unspecified atom stereocenters. The molecule has 0 aromatic heterocycles. The molecule has 0 saturated heterocycles. The van der Waals surface area contributed by atoms with E-state index in [0.717, 1.165) is 6.07 Å². The first-order chi connectivity index (χ1) is 8.32. The zero-order chi connectivity index (χ0) is 13.9. The van der Waals surface area contributed by atoms with Crippen LogP contribution in [-0.4, -0.2) is 28.8 Å². The van der Waals surface area contributed by atoms with Crippen LogP contribution in [0.2, 0.25) is 5.02 Å². The summed E-state index contributed by atoms with van der Waals surface area (Å²) in [5.74, 6) is 0. The Morgan fingerprint density at radius 3 is 2.17 bits per heavy atom. The maximum Gasteiger partial charge on any atom is 0.294 e. The topological polar surface area (TPSA) is 89.5 Å². The molecule has 1 aromatic rings. The Labute approximate surface area is 108 Å². The number of rotatable bonds is 4. The van der Waals surface area contributed by atoms with Crippen LogP contribution in [-0.2, 0) is 0 Å². The summed E-state index contributed by atoms with van der Waals surface area (Å²) >= 11 is 5.70. The summed E-state index contributed by atoms with van der Waals surface area (Å²) in [4.78, 5) is 21.7. The average molecular weight is 272 g/mol. The Hall–Kier alpha value is -2.15. The van der Waals surface area contributed by atoms with Gasteiger partial charge in [0.2, 0.25) is 0 Å². The Morgan fingerprint density at radius 2 is 1.72 bits per heavy atom. The third-order valence-electron chi connectivity index (χ3n) is 2.04. The van der Waals surface area contributed by atoms with Gasteiger partial charge in [0.25, 0.3) is 11.4 Å². The van der Waals surface area contributed by atoms with E-state index in [2.05, 4.69) is 0 Å². The summed E-state index contributed by atoms with van der Waals surface area (Å²) in [5, 5.41) is 21.4. The van der Waals surface area contributed by atoms with E-state index in [0.29, 0.717) is 0 Å². The zero-order valence-electron chi connectivity index (χ0n) is 9.66. The highest BCUT2D eigenvalue weighted by atomic mass is 35.5. The molecule has 18 heavy (non-hydrogen) atoms. The van der Waals surface area contributed by atoms with Gasteiger partial charge in [-0.3, -0.25) is 20.2 Å². The van der Waals surface area contributed by atoms with E-state index in [9.17, 15) is 20.2 Å². The lowest BCUT2D eigenvalue weighted by atomic mass is 10.1. The molecule has 0 aliphatic heterocycles. The van der Waals surface area contributed by atoms with Crippen LogP contribution in [0.1, 0.15) is 5.56 Å². The van der Waals surface area contributed by atoms with Gasteiger partial charge in [0.1, 0.15) is 5.02 Å². The molecule has 0 N–H and O–H groups in total. The molecule has 0 aliphatic rings. The van der Waals surface area contributed by atoms with E-state index in [1.54, 1.807) is 25.2 Å². The van der Waals surface area contributed by atoms with Crippen molar-refractivity contribution in [1.29, 1.82) is 0 Å². The first-order valence-electron chi connectivity index (χ1n) is 4.80. The molecule has 96 valence electrons. The van der Waals surface area contributed by atoms with Gasteiger partial charge in [0.15, 0.2) is 0 Å². The number of hydrogen-bond donors (Lipinski definition) is 0. The maximum atomic E-state index is 10.8. The second kappa shape index (κ2) is 5.46. The third-order valence-corrected chi connectivity index (χ3v) is 2.34. The molecule has 0 radical (unpaired) electrons. The van der Waals surface area contributed by atoms with Gasteiger partial charge < -0.3 is 4.90 Å². The smallest absolute Gasteiger partial charge is 0.294 e. The lowest BCUT2D eigenvalue weighted by Crippen LogP contribution is -2.01. The minimum absolute atomic E-state index is 0.135. The van der Waals surface area contributed by atoms with Crippen LogP contribution in [0, 0.1) is 20.2 Å². The van der Waals surface area contributed by atoms with E-state index in [4.69, 9.17) is 11.6 Å². The fourth-order valence-corrected chi connectivity index (χ4v) is 1.47. The van der Waals surface area contributed by atoms with Gasteiger partial charge in [-0.2, -0.15) is 0 Å². The van der Waals surface area contributed by atoms with Crippen molar-refractivity contribution in [3.8, 4) is 0 Å². The second-order valence-electron chi connectivity index (χ2n) is 3.66. The van der Waals surface area contributed by atoms with Gasteiger partial charge in [0.05, 0.1) is 21.5 Å². The van der Waals surface area contributed by atoms with Crippen molar-refractivity contribution in [2.75, 3.05) is 14.1 Å². The zero-order valence-corrected chi connectivity index (χ0v) is 10.4. The highest BCUT2D eigenvalue weighted by molar-refractivity contribution is 6.32. The first kappa shape index (κ1) is 13.9. The molecule has 8 heteroatoms. The Kier molecular flexibility index (Phi) is 4.22. The molecule has 1 rings (SSSR count). The molecule has 0 bridgehead atoms. The van der Waals surface area contributed by atoms with E-state index in [-0.39, 0.29) is 16.3 Å². The van der Waals surface area contributed by atoms with Gasteiger partial charge in [-0.25, -0.2) is 0 Å². The average Bonchev–Trinajstić information content (AvgIpc) is 2.25. The molecule has 0 saturated carbocycles. The maximum absolute atomic E-state index is 10.8. The molecule has 1 aromatic carbocycles. The Balaban J connectivity index is 3.38. The van der Waals surface area contributed by atoms with Crippen LogP contribution in [0.3, 0.4) is 0 Å². The molecule has 0 heterocycles. The Bertz CT molecular complexity index is 528. The van der Waals surface area contributed by atoms with E-state index in [1.807, 2.05) is 0 Å². The van der Waals surface area contributed by atoms with Gasteiger partial charge in [0, 0.05) is 14.1 Å². The quantitative estimate of drug-likeness (QED) is 0.620.